The third-order valence-corrected chi connectivity index (χ3v) is 4.29. The fourth-order valence-electron chi connectivity index (χ4n) is 3.00. The number of ether oxygens (including phenoxy) is 2. The second-order valence-corrected chi connectivity index (χ2v) is 6.08. The lowest BCUT2D eigenvalue weighted by Crippen LogP contribution is -2.25. The summed E-state index contributed by atoms with van der Waals surface area (Å²) in [6, 6.07) is 12.2. The van der Waals surface area contributed by atoms with E-state index in [1.165, 1.54) is 7.11 Å². The molecule has 0 atom stereocenters. The van der Waals surface area contributed by atoms with Crippen molar-refractivity contribution in [3.05, 3.63) is 47.5 Å². The number of amides is 2. The summed E-state index contributed by atoms with van der Waals surface area (Å²) in [7, 11) is 1.47. The van der Waals surface area contributed by atoms with Crippen LogP contribution in [0.4, 0.5) is 11.4 Å². The Hall–Kier alpha value is -3.53. The van der Waals surface area contributed by atoms with Crippen LogP contribution < -0.4 is 19.7 Å². The average Bonchev–Trinajstić information content (AvgIpc) is 3.09. The number of anilines is 2. The van der Waals surface area contributed by atoms with Crippen LogP contribution in [0.25, 0.3) is 0 Å². The number of benzene rings is 2. The molecule has 0 radical (unpaired) electrons. The highest BCUT2D eigenvalue weighted by Gasteiger charge is 2.22. The highest BCUT2D eigenvalue weighted by atomic mass is 16.5. The first-order valence-corrected chi connectivity index (χ1v) is 8.43. The summed E-state index contributed by atoms with van der Waals surface area (Å²) in [6.45, 7) is 2.00. The predicted octanol–water partition coefficient (Wildman–Crippen LogP) is 2.49. The maximum absolute atomic E-state index is 12.2. The minimum atomic E-state index is -0.317. The van der Waals surface area contributed by atoms with Gasteiger partial charge in [0.2, 0.25) is 5.91 Å². The topological polar surface area (TPSA) is 91.7 Å². The van der Waals surface area contributed by atoms with Crippen LogP contribution in [0.1, 0.15) is 18.1 Å². The van der Waals surface area contributed by atoms with Crippen LogP contribution in [0.15, 0.2) is 36.4 Å². The van der Waals surface area contributed by atoms with E-state index in [9.17, 15) is 9.59 Å². The normalized spacial score (nSPS) is 12.1. The highest BCUT2D eigenvalue weighted by Crippen LogP contribution is 2.31. The standard InChI is InChI=1S/C20H19N3O4/c1-13(24)23-8-7-15-10-16(4-5-17(15)23)22-20(25)12-27-18-6-3-14(11-21)9-19(18)26-2/h3-6,9-10H,7-8,12H2,1-2H3,(H,22,25). The minimum absolute atomic E-state index is 0.00954. The summed E-state index contributed by atoms with van der Waals surface area (Å²) in [6.07, 6.45) is 0.761. The predicted molar refractivity (Wildman–Crippen MR) is 100 cm³/mol. The maximum Gasteiger partial charge on any atom is 0.262 e. The molecule has 2 aromatic carbocycles. The van der Waals surface area contributed by atoms with Gasteiger partial charge in [-0.2, -0.15) is 5.26 Å². The Balaban J connectivity index is 1.62. The monoisotopic (exact) mass is 365 g/mol. The highest BCUT2D eigenvalue weighted by molar-refractivity contribution is 5.96. The molecule has 0 spiro atoms. The Bertz CT molecular complexity index is 933. The molecule has 7 heteroatoms. The van der Waals surface area contributed by atoms with Crippen molar-refractivity contribution in [2.24, 2.45) is 0 Å². The number of rotatable bonds is 5. The van der Waals surface area contributed by atoms with E-state index in [0.717, 1.165) is 17.7 Å². The molecule has 0 unspecified atom stereocenters. The van der Waals surface area contributed by atoms with Gasteiger partial charge in [0.25, 0.3) is 5.91 Å². The van der Waals surface area contributed by atoms with E-state index in [0.29, 0.717) is 29.3 Å². The molecular weight excluding hydrogens is 346 g/mol. The summed E-state index contributed by atoms with van der Waals surface area (Å²) in [5, 5.41) is 11.7. The average molecular weight is 365 g/mol. The van der Waals surface area contributed by atoms with E-state index in [2.05, 4.69) is 5.32 Å². The molecule has 1 aliphatic heterocycles. The summed E-state index contributed by atoms with van der Waals surface area (Å²) in [4.78, 5) is 25.5. The molecule has 0 aliphatic carbocycles. The number of nitrogens with one attached hydrogen (secondary N) is 1. The molecule has 1 heterocycles. The van der Waals surface area contributed by atoms with Crippen LogP contribution >= 0.6 is 0 Å². The van der Waals surface area contributed by atoms with Crippen molar-refractivity contribution in [2.45, 2.75) is 13.3 Å². The maximum atomic E-state index is 12.2. The van der Waals surface area contributed by atoms with E-state index in [4.69, 9.17) is 14.7 Å². The molecule has 7 nitrogen and oxygen atoms in total. The third-order valence-electron chi connectivity index (χ3n) is 4.29. The van der Waals surface area contributed by atoms with Crippen molar-refractivity contribution in [1.82, 2.24) is 0 Å². The Morgan fingerprint density at radius 3 is 2.74 bits per heavy atom. The quantitative estimate of drug-likeness (QED) is 0.879. The molecule has 27 heavy (non-hydrogen) atoms. The van der Waals surface area contributed by atoms with Gasteiger partial charge in [0.15, 0.2) is 18.1 Å². The fourth-order valence-corrected chi connectivity index (χ4v) is 3.00. The molecule has 2 aromatic rings. The third kappa shape index (κ3) is 4.01. The SMILES string of the molecule is COc1cc(C#N)ccc1OCC(=O)Nc1ccc2c(c1)CCN2C(C)=O. The largest absolute Gasteiger partial charge is 0.493 e. The first-order valence-electron chi connectivity index (χ1n) is 8.43. The van der Waals surface area contributed by atoms with Gasteiger partial charge in [-0.05, 0) is 42.3 Å². The second-order valence-electron chi connectivity index (χ2n) is 6.08. The van der Waals surface area contributed by atoms with Crippen LogP contribution in [0, 0.1) is 11.3 Å². The Morgan fingerprint density at radius 2 is 2.04 bits per heavy atom. The van der Waals surface area contributed by atoms with Crippen molar-refractivity contribution in [3.8, 4) is 17.6 Å². The molecule has 0 saturated carbocycles. The molecule has 3 rings (SSSR count). The van der Waals surface area contributed by atoms with Gasteiger partial charge in [-0.15, -0.1) is 0 Å². The molecule has 0 aromatic heterocycles. The number of hydrogen-bond donors (Lipinski definition) is 1. The molecule has 0 bridgehead atoms. The number of hydrogen-bond acceptors (Lipinski definition) is 5. The smallest absolute Gasteiger partial charge is 0.262 e. The van der Waals surface area contributed by atoms with E-state index in [-0.39, 0.29) is 18.4 Å². The van der Waals surface area contributed by atoms with Crippen LogP contribution in [0.3, 0.4) is 0 Å². The number of methoxy groups -OCH3 is 1. The van der Waals surface area contributed by atoms with Crippen LogP contribution in [0.5, 0.6) is 11.5 Å². The van der Waals surface area contributed by atoms with Gasteiger partial charge in [-0.3, -0.25) is 9.59 Å². The Kier molecular flexibility index (Phi) is 5.27. The molecule has 138 valence electrons. The van der Waals surface area contributed by atoms with Gasteiger partial charge in [0.1, 0.15) is 0 Å². The van der Waals surface area contributed by atoms with Gasteiger partial charge < -0.3 is 19.7 Å². The van der Waals surface area contributed by atoms with Gasteiger partial charge in [0, 0.05) is 30.9 Å². The molecule has 1 aliphatic rings. The van der Waals surface area contributed by atoms with E-state index in [1.54, 1.807) is 36.1 Å². The zero-order chi connectivity index (χ0) is 19.4. The van der Waals surface area contributed by atoms with E-state index in [1.807, 2.05) is 18.2 Å². The van der Waals surface area contributed by atoms with Crippen molar-refractivity contribution >= 4 is 23.2 Å². The van der Waals surface area contributed by atoms with Crippen molar-refractivity contribution in [3.63, 3.8) is 0 Å². The van der Waals surface area contributed by atoms with Gasteiger partial charge in [0.05, 0.1) is 18.7 Å². The molecule has 0 saturated heterocycles. The zero-order valence-corrected chi connectivity index (χ0v) is 15.1. The van der Waals surface area contributed by atoms with Crippen molar-refractivity contribution in [1.29, 1.82) is 5.26 Å². The lowest BCUT2D eigenvalue weighted by molar-refractivity contribution is -0.118. The lowest BCUT2D eigenvalue weighted by Gasteiger charge is -2.15. The Labute approximate surface area is 157 Å². The van der Waals surface area contributed by atoms with Gasteiger partial charge in [-0.25, -0.2) is 0 Å². The fraction of sp³-hybridized carbons (Fsp3) is 0.250. The Morgan fingerprint density at radius 1 is 1.22 bits per heavy atom. The molecule has 0 fully saturated rings. The van der Waals surface area contributed by atoms with Gasteiger partial charge >= 0.3 is 0 Å². The minimum Gasteiger partial charge on any atom is -0.493 e. The van der Waals surface area contributed by atoms with Gasteiger partial charge in [-0.1, -0.05) is 0 Å². The summed E-state index contributed by atoms with van der Waals surface area (Å²) < 4.78 is 10.7. The number of fused-ring (bicyclic) bond motifs is 1. The first kappa shape index (κ1) is 18.3. The van der Waals surface area contributed by atoms with Crippen molar-refractivity contribution in [2.75, 3.05) is 30.5 Å². The lowest BCUT2D eigenvalue weighted by atomic mass is 10.1. The molecule has 2 amide bonds. The van der Waals surface area contributed by atoms with Crippen LogP contribution in [-0.4, -0.2) is 32.1 Å². The molecule has 1 N–H and O–H groups in total. The summed E-state index contributed by atoms with van der Waals surface area (Å²) >= 11 is 0. The number of carbonyl (C=O) groups excluding carboxylic acids is 2. The molecular formula is C20H19N3O4. The van der Waals surface area contributed by atoms with E-state index < -0.39 is 0 Å². The second kappa shape index (κ2) is 7.79. The van der Waals surface area contributed by atoms with E-state index >= 15 is 0 Å². The first-order chi connectivity index (χ1) is 13.0. The number of nitriles is 1. The summed E-state index contributed by atoms with van der Waals surface area (Å²) in [5.41, 5.74) is 3.01. The zero-order valence-electron chi connectivity index (χ0n) is 15.1. The van der Waals surface area contributed by atoms with Crippen LogP contribution in [-0.2, 0) is 16.0 Å². The summed E-state index contributed by atoms with van der Waals surface area (Å²) in [5.74, 6) is 0.472. The van der Waals surface area contributed by atoms with Crippen LogP contribution in [0.2, 0.25) is 0 Å². The van der Waals surface area contributed by atoms with Crippen molar-refractivity contribution < 1.29 is 19.1 Å². The number of carbonyl (C=O) groups is 2. The number of nitrogens with zero attached hydrogens (tertiary/aromatic N) is 2.